The smallest absolute Gasteiger partial charge is 0.147 e. The standard InChI is InChI=1S/C25H34N4O/c1-7-9-10-12-17(3)25-28-22(15-26)18(4)24(29-25)19(5)27-16-20-13-11-14-23(30-6)21(20)8-2/h11,13-14,17,27H,5,7-10,12,16H2,1-4,6H3. The van der Waals surface area contributed by atoms with E-state index in [9.17, 15) is 5.26 Å². The van der Waals surface area contributed by atoms with Crippen LogP contribution in [-0.4, -0.2) is 17.1 Å². The maximum atomic E-state index is 9.57. The topological polar surface area (TPSA) is 70.8 Å². The van der Waals surface area contributed by atoms with Crippen molar-refractivity contribution in [2.75, 3.05) is 7.11 Å². The van der Waals surface area contributed by atoms with Gasteiger partial charge in [-0.1, -0.05) is 58.7 Å². The number of nitriles is 1. The first-order valence-electron chi connectivity index (χ1n) is 10.8. The molecule has 160 valence electrons. The number of ether oxygens (including phenoxy) is 1. The van der Waals surface area contributed by atoms with Gasteiger partial charge in [0.25, 0.3) is 0 Å². The van der Waals surface area contributed by atoms with Crippen molar-refractivity contribution in [2.24, 2.45) is 0 Å². The Morgan fingerprint density at radius 3 is 2.67 bits per heavy atom. The Kier molecular flexibility index (Phi) is 8.86. The lowest BCUT2D eigenvalue weighted by Crippen LogP contribution is -2.17. The van der Waals surface area contributed by atoms with Crippen LogP contribution in [0, 0.1) is 18.3 Å². The van der Waals surface area contributed by atoms with Crippen molar-refractivity contribution in [3.8, 4) is 11.8 Å². The molecule has 30 heavy (non-hydrogen) atoms. The van der Waals surface area contributed by atoms with Gasteiger partial charge in [-0.05, 0) is 37.0 Å². The second-order valence-corrected chi connectivity index (χ2v) is 7.70. The van der Waals surface area contributed by atoms with E-state index in [1.807, 2.05) is 19.1 Å². The molecule has 0 aliphatic heterocycles. The molecule has 0 aliphatic carbocycles. The van der Waals surface area contributed by atoms with Crippen molar-refractivity contribution >= 4 is 5.70 Å². The highest BCUT2D eigenvalue weighted by Gasteiger charge is 2.17. The zero-order valence-corrected chi connectivity index (χ0v) is 19.0. The van der Waals surface area contributed by atoms with Crippen molar-refractivity contribution in [1.82, 2.24) is 15.3 Å². The fraction of sp³-hybridized carbons (Fsp3) is 0.480. The lowest BCUT2D eigenvalue weighted by molar-refractivity contribution is 0.409. The van der Waals surface area contributed by atoms with E-state index in [-0.39, 0.29) is 5.92 Å². The molecule has 0 radical (unpaired) electrons. The Bertz CT molecular complexity index is 914. The average Bonchev–Trinajstić information content (AvgIpc) is 2.77. The fourth-order valence-corrected chi connectivity index (χ4v) is 3.64. The first kappa shape index (κ1) is 23.4. The summed E-state index contributed by atoms with van der Waals surface area (Å²) in [6.45, 7) is 13.2. The van der Waals surface area contributed by atoms with Crippen molar-refractivity contribution < 1.29 is 4.74 Å². The van der Waals surface area contributed by atoms with Gasteiger partial charge in [-0.15, -0.1) is 0 Å². The minimum absolute atomic E-state index is 0.209. The van der Waals surface area contributed by atoms with Crippen molar-refractivity contribution in [3.63, 3.8) is 0 Å². The van der Waals surface area contributed by atoms with E-state index in [2.05, 4.69) is 49.8 Å². The Morgan fingerprint density at radius 1 is 1.27 bits per heavy atom. The van der Waals surface area contributed by atoms with Crippen LogP contribution in [0.25, 0.3) is 5.70 Å². The first-order chi connectivity index (χ1) is 14.5. The summed E-state index contributed by atoms with van der Waals surface area (Å²) in [6.07, 6.45) is 5.42. The number of nitrogens with one attached hydrogen (secondary N) is 1. The van der Waals surface area contributed by atoms with Crippen LogP contribution in [0.2, 0.25) is 0 Å². The molecule has 1 aromatic carbocycles. The summed E-state index contributed by atoms with van der Waals surface area (Å²) in [4.78, 5) is 9.32. The molecule has 0 aliphatic rings. The third-order valence-electron chi connectivity index (χ3n) is 5.53. The number of unbranched alkanes of at least 4 members (excludes halogenated alkanes) is 2. The predicted molar refractivity (Wildman–Crippen MR) is 122 cm³/mol. The maximum absolute atomic E-state index is 9.57. The van der Waals surface area contributed by atoms with Gasteiger partial charge < -0.3 is 10.1 Å². The van der Waals surface area contributed by atoms with E-state index in [1.165, 1.54) is 24.0 Å². The van der Waals surface area contributed by atoms with Crippen LogP contribution in [0.5, 0.6) is 5.75 Å². The van der Waals surface area contributed by atoms with E-state index >= 15 is 0 Å². The predicted octanol–water partition coefficient (Wildman–Crippen LogP) is 5.67. The van der Waals surface area contributed by atoms with Gasteiger partial charge >= 0.3 is 0 Å². The highest BCUT2D eigenvalue weighted by molar-refractivity contribution is 5.63. The molecule has 2 aromatic rings. The number of methoxy groups -OCH3 is 1. The molecule has 1 aromatic heterocycles. The minimum atomic E-state index is 0.209. The number of benzene rings is 1. The van der Waals surface area contributed by atoms with Gasteiger partial charge in [-0.2, -0.15) is 5.26 Å². The molecule has 1 N–H and O–H groups in total. The van der Waals surface area contributed by atoms with Crippen LogP contribution in [0.4, 0.5) is 0 Å². The van der Waals surface area contributed by atoms with Crippen LogP contribution in [0.3, 0.4) is 0 Å². The molecule has 1 unspecified atom stereocenters. The van der Waals surface area contributed by atoms with Gasteiger partial charge in [-0.3, -0.25) is 0 Å². The second-order valence-electron chi connectivity index (χ2n) is 7.70. The molecule has 0 saturated heterocycles. The highest BCUT2D eigenvalue weighted by Crippen LogP contribution is 2.25. The molecule has 0 spiro atoms. The number of aromatic nitrogens is 2. The van der Waals surface area contributed by atoms with Gasteiger partial charge in [0.1, 0.15) is 23.3 Å². The Labute approximate surface area is 181 Å². The molecule has 2 rings (SSSR count). The zero-order chi connectivity index (χ0) is 22.1. The monoisotopic (exact) mass is 406 g/mol. The summed E-state index contributed by atoms with van der Waals surface area (Å²) < 4.78 is 5.49. The molecule has 0 amide bonds. The summed E-state index contributed by atoms with van der Waals surface area (Å²) in [5.74, 6) is 1.83. The van der Waals surface area contributed by atoms with Crippen molar-refractivity contribution in [1.29, 1.82) is 5.26 Å². The third-order valence-corrected chi connectivity index (χ3v) is 5.53. The number of hydrogen-bond acceptors (Lipinski definition) is 5. The van der Waals surface area contributed by atoms with Crippen LogP contribution in [0.15, 0.2) is 24.8 Å². The first-order valence-corrected chi connectivity index (χ1v) is 10.8. The lowest BCUT2D eigenvalue weighted by atomic mass is 10.0. The normalized spacial score (nSPS) is 11.6. The van der Waals surface area contributed by atoms with Gasteiger partial charge in [0.15, 0.2) is 0 Å². The molecule has 1 atom stereocenters. The SMILES string of the molecule is C=C(NCc1cccc(OC)c1CC)c1nc(C(C)CCCCC)nc(C#N)c1C. The number of hydrogen-bond donors (Lipinski definition) is 1. The van der Waals surface area contributed by atoms with Crippen LogP contribution in [0.1, 0.15) is 86.3 Å². The Morgan fingerprint density at radius 2 is 2.03 bits per heavy atom. The molecule has 5 nitrogen and oxygen atoms in total. The van der Waals surface area contributed by atoms with Gasteiger partial charge in [0, 0.05) is 18.0 Å². The molecule has 1 heterocycles. The van der Waals surface area contributed by atoms with Gasteiger partial charge in [0.2, 0.25) is 0 Å². The summed E-state index contributed by atoms with van der Waals surface area (Å²) in [7, 11) is 1.70. The second kappa shape index (κ2) is 11.3. The Hall–Kier alpha value is -2.87. The number of rotatable bonds is 11. The van der Waals surface area contributed by atoms with Crippen molar-refractivity contribution in [2.45, 2.75) is 72.3 Å². The van der Waals surface area contributed by atoms with Gasteiger partial charge in [-0.25, -0.2) is 9.97 Å². The largest absolute Gasteiger partial charge is 0.496 e. The number of nitrogens with zero attached hydrogens (tertiary/aromatic N) is 3. The average molecular weight is 407 g/mol. The quantitative estimate of drug-likeness (QED) is 0.487. The van der Waals surface area contributed by atoms with E-state index in [4.69, 9.17) is 9.72 Å². The van der Waals surface area contributed by atoms with E-state index in [0.717, 1.165) is 42.1 Å². The highest BCUT2D eigenvalue weighted by atomic mass is 16.5. The summed E-state index contributed by atoms with van der Waals surface area (Å²) in [5, 5.41) is 13.0. The summed E-state index contributed by atoms with van der Waals surface area (Å²) >= 11 is 0. The molecule has 0 saturated carbocycles. The van der Waals surface area contributed by atoms with Crippen LogP contribution < -0.4 is 10.1 Å². The van der Waals surface area contributed by atoms with E-state index < -0.39 is 0 Å². The summed E-state index contributed by atoms with van der Waals surface area (Å²) in [5.41, 5.74) is 4.97. The molecule has 0 fully saturated rings. The van der Waals surface area contributed by atoms with E-state index in [1.54, 1.807) is 7.11 Å². The molecular weight excluding hydrogens is 372 g/mol. The molecular formula is C25H34N4O. The lowest BCUT2D eigenvalue weighted by Gasteiger charge is -2.18. The molecule has 5 heteroatoms. The summed E-state index contributed by atoms with van der Waals surface area (Å²) in [6, 6.07) is 8.30. The molecule has 0 bridgehead atoms. The van der Waals surface area contributed by atoms with E-state index in [0.29, 0.717) is 17.9 Å². The zero-order valence-electron chi connectivity index (χ0n) is 19.0. The van der Waals surface area contributed by atoms with Crippen LogP contribution in [-0.2, 0) is 13.0 Å². The Balaban J connectivity index is 2.25. The van der Waals surface area contributed by atoms with Crippen molar-refractivity contribution in [3.05, 3.63) is 58.7 Å². The van der Waals surface area contributed by atoms with Gasteiger partial charge in [0.05, 0.1) is 18.5 Å². The minimum Gasteiger partial charge on any atom is -0.496 e. The third kappa shape index (κ3) is 5.60. The van der Waals surface area contributed by atoms with Crippen LogP contribution >= 0.6 is 0 Å². The maximum Gasteiger partial charge on any atom is 0.147 e. The fourth-order valence-electron chi connectivity index (χ4n) is 3.64.